The third-order valence-corrected chi connectivity index (χ3v) is 3.26. The second-order valence-electron chi connectivity index (χ2n) is 4.95. The van der Waals surface area contributed by atoms with E-state index in [-0.39, 0.29) is 16.7 Å². The van der Waals surface area contributed by atoms with Gasteiger partial charge in [-0.3, -0.25) is 9.59 Å². The molecule has 0 spiro atoms. The lowest BCUT2D eigenvalue weighted by atomic mass is 10.1. The van der Waals surface area contributed by atoms with Crippen LogP contribution in [0.15, 0.2) is 48.5 Å². The average molecular weight is 325 g/mol. The van der Waals surface area contributed by atoms with Crippen LogP contribution in [0.4, 0.5) is 0 Å². The molecular weight excluding hydrogens is 314 g/mol. The van der Waals surface area contributed by atoms with Crippen LogP contribution in [-0.2, 0) is 9.63 Å². The number of amides is 2. The fourth-order valence-electron chi connectivity index (χ4n) is 2.21. The molecule has 0 aromatic heterocycles. The highest BCUT2D eigenvalue weighted by atomic mass is 16.7. The molecule has 1 aliphatic heterocycles. The molecular formula is C17H11NO6. The number of fused-ring (bicyclic) bond motifs is 1. The number of hydrogen-bond donors (Lipinski definition) is 0. The van der Waals surface area contributed by atoms with Gasteiger partial charge in [0.05, 0.1) is 16.7 Å². The molecule has 7 heteroatoms. The largest absolute Gasteiger partial charge is 0.423 e. The Morgan fingerprint density at radius 1 is 0.917 bits per heavy atom. The van der Waals surface area contributed by atoms with Gasteiger partial charge in [0.1, 0.15) is 5.75 Å². The molecule has 2 amide bonds. The number of nitrogens with zero attached hydrogens (tertiary/aromatic N) is 1. The number of imide groups is 1. The van der Waals surface area contributed by atoms with Crippen LogP contribution in [0.3, 0.4) is 0 Å². The first-order valence-electron chi connectivity index (χ1n) is 6.96. The minimum Gasteiger partial charge on any atom is -0.423 e. The highest BCUT2D eigenvalue weighted by Crippen LogP contribution is 2.25. The molecule has 0 unspecified atom stereocenters. The van der Waals surface area contributed by atoms with Gasteiger partial charge in [-0.2, -0.15) is 0 Å². The van der Waals surface area contributed by atoms with Crippen molar-refractivity contribution < 1.29 is 28.8 Å². The summed E-state index contributed by atoms with van der Waals surface area (Å²) in [7, 11) is 0. The van der Waals surface area contributed by atoms with Gasteiger partial charge in [0.15, 0.2) is 0 Å². The van der Waals surface area contributed by atoms with Crippen molar-refractivity contribution in [1.82, 2.24) is 5.06 Å². The maximum Gasteiger partial charge on any atom is 0.343 e. The molecule has 0 saturated heterocycles. The third-order valence-electron chi connectivity index (χ3n) is 3.26. The first-order chi connectivity index (χ1) is 11.5. The molecule has 120 valence electrons. The second kappa shape index (κ2) is 5.96. The molecule has 1 heterocycles. The summed E-state index contributed by atoms with van der Waals surface area (Å²) in [6, 6.07) is 12.4. The van der Waals surface area contributed by atoms with E-state index in [1.54, 1.807) is 30.3 Å². The van der Waals surface area contributed by atoms with Crippen LogP contribution in [0.5, 0.6) is 5.75 Å². The molecule has 0 saturated carbocycles. The van der Waals surface area contributed by atoms with Crippen LogP contribution in [0.2, 0.25) is 0 Å². The van der Waals surface area contributed by atoms with Gasteiger partial charge in [-0.1, -0.05) is 23.3 Å². The highest BCUT2D eigenvalue weighted by Gasteiger charge is 2.39. The van der Waals surface area contributed by atoms with E-state index in [1.807, 2.05) is 0 Å². The zero-order valence-corrected chi connectivity index (χ0v) is 12.5. The number of hydrogen-bond acceptors (Lipinski definition) is 6. The molecule has 7 nitrogen and oxygen atoms in total. The molecule has 0 radical (unpaired) electrons. The minimum absolute atomic E-state index is 0.0243. The number of benzene rings is 2. The molecule has 0 atom stereocenters. The topological polar surface area (TPSA) is 90.0 Å². The van der Waals surface area contributed by atoms with Crippen molar-refractivity contribution >= 4 is 23.8 Å². The van der Waals surface area contributed by atoms with Crippen LogP contribution in [0.25, 0.3) is 0 Å². The van der Waals surface area contributed by atoms with Crippen molar-refractivity contribution in [2.45, 2.75) is 6.92 Å². The van der Waals surface area contributed by atoms with E-state index in [9.17, 15) is 19.2 Å². The first kappa shape index (κ1) is 15.4. The van der Waals surface area contributed by atoms with Crippen molar-refractivity contribution in [2.75, 3.05) is 0 Å². The van der Waals surface area contributed by atoms with E-state index in [2.05, 4.69) is 4.84 Å². The van der Waals surface area contributed by atoms with Gasteiger partial charge in [-0.05, 0) is 30.3 Å². The molecule has 24 heavy (non-hydrogen) atoms. The fourth-order valence-corrected chi connectivity index (χ4v) is 2.21. The van der Waals surface area contributed by atoms with Crippen LogP contribution in [0.1, 0.15) is 38.0 Å². The Kier molecular flexibility index (Phi) is 3.83. The maximum absolute atomic E-state index is 12.2. The Labute approximate surface area is 136 Å². The van der Waals surface area contributed by atoms with Crippen molar-refractivity contribution in [3.63, 3.8) is 0 Å². The summed E-state index contributed by atoms with van der Waals surface area (Å²) < 4.78 is 5.18. The van der Waals surface area contributed by atoms with Gasteiger partial charge in [-0.25, -0.2) is 9.59 Å². The van der Waals surface area contributed by atoms with E-state index in [0.29, 0.717) is 10.8 Å². The van der Waals surface area contributed by atoms with Crippen molar-refractivity contribution in [3.8, 4) is 5.75 Å². The van der Waals surface area contributed by atoms with Crippen LogP contribution in [0, 0.1) is 0 Å². The number of carbonyl (C=O) groups is 4. The molecule has 3 rings (SSSR count). The normalized spacial score (nSPS) is 12.8. The lowest BCUT2D eigenvalue weighted by molar-refractivity contribution is -0.165. The third kappa shape index (κ3) is 2.74. The molecule has 2 aromatic carbocycles. The Balaban J connectivity index is 1.87. The van der Waals surface area contributed by atoms with Crippen LogP contribution in [-0.4, -0.2) is 28.8 Å². The summed E-state index contributed by atoms with van der Waals surface area (Å²) in [4.78, 5) is 51.9. The smallest absolute Gasteiger partial charge is 0.343 e. The lowest BCUT2D eigenvalue weighted by Gasteiger charge is -2.10. The van der Waals surface area contributed by atoms with E-state index in [0.717, 1.165) is 6.92 Å². The lowest BCUT2D eigenvalue weighted by Crippen LogP contribution is -2.31. The quantitative estimate of drug-likeness (QED) is 0.487. The SMILES string of the molecule is CC(=O)ON1C(=O)c2ccc(C(=O)Oc3ccccc3)cc2C1=O. The minimum atomic E-state index is -0.806. The summed E-state index contributed by atoms with van der Waals surface area (Å²) in [6.07, 6.45) is 0. The summed E-state index contributed by atoms with van der Waals surface area (Å²) in [5, 5.41) is 0.374. The van der Waals surface area contributed by atoms with E-state index in [1.165, 1.54) is 18.2 Å². The summed E-state index contributed by atoms with van der Waals surface area (Å²) in [6.45, 7) is 1.08. The maximum atomic E-state index is 12.2. The number of para-hydroxylation sites is 1. The molecule has 0 N–H and O–H groups in total. The molecule has 1 aliphatic rings. The Hall–Kier alpha value is -3.48. The van der Waals surface area contributed by atoms with E-state index in [4.69, 9.17) is 4.74 Å². The second-order valence-corrected chi connectivity index (χ2v) is 4.95. The Morgan fingerprint density at radius 3 is 2.25 bits per heavy atom. The molecule has 0 bridgehead atoms. The zero-order chi connectivity index (χ0) is 17.3. The monoisotopic (exact) mass is 325 g/mol. The zero-order valence-electron chi connectivity index (χ0n) is 12.5. The van der Waals surface area contributed by atoms with Crippen LogP contribution >= 0.6 is 0 Å². The van der Waals surface area contributed by atoms with Crippen molar-refractivity contribution in [1.29, 1.82) is 0 Å². The number of esters is 1. The standard InChI is InChI=1S/C17H11NO6/c1-10(19)24-18-15(20)13-8-7-11(9-14(13)16(18)21)17(22)23-12-5-3-2-4-6-12/h2-9H,1H3. The summed E-state index contributed by atoms with van der Waals surface area (Å²) in [5.74, 6) is -2.68. The molecule has 0 aliphatic carbocycles. The van der Waals surface area contributed by atoms with Gasteiger partial charge >= 0.3 is 11.9 Å². The van der Waals surface area contributed by atoms with Gasteiger partial charge in [0.25, 0.3) is 11.8 Å². The first-order valence-corrected chi connectivity index (χ1v) is 6.96. The molecule has 0 fully saturated rings. The van der Waals surface area contributed by atoms with Gasteiger partial charge in [0, 0.05) is 6.92 Å². The number of hydroxylamine groups is 2. The predicted octanol–water partition coefficient (Wildman–Crippen LogP) is 1.98. The predicted molar refractivity (Wildman–Crippen MR) is 80.1 cm³/mol. The van der Waals surface area contributed by atoms with Crippen LogP contribution < -0.4 is 4.74 Å². The fraction of sp³-hybridized carbons (Fsp3) is 0.0588. The van der Waals surface area contributed by atoms with E-state index < -0.39 is 23.8 Å². The summed E-state index contributed by atoms with van der Waals surface area (Å²) >= 11 is 0. The number of ether oxygens (including phenoxy) is 1. The van der Waals surface area contributed by atoms with Gasteiger partial charge in [-0.15, -0.1) is 0 Å². The number of carbonyl (C=O) groups excluding carboxylic acids is 4. The summed E-state index contributed by atoms with van der Waals surface area (Å²) in [5.41, 5.74) is 0.129. The Morgan fingerprint density at radius 2 is 1.58 bits per heavy atom. The highest BCUT2D eigenvalue weighted by molar-refractivity contribution is 6.21. The van der Waals surface area contributed by atoms with Crippen molar-refractivity contribution in [2.24, 2.45) is 0 Å². The van der Waals surface area contributed by atoms with Crippen molar-refractivity contribution in [3.05, 3.63) is 65.2 Å². The number of rotatable bonds is 3. The van der Waals surface area contributed by atoms with Gasteiger partial charge in [0.2, 0.25) is 0 Å². The van der Waals surface area contributed by atoms with Gasteiger partial charge < -0.3 is 9.57 Å². The average Bonchev–Trinajstić information content (AvgIpc) is 2.80. The Bertz CT molecular complexity index is 859. The van der Waals surface area contributed by atoms with E-state index >= 15 is 0 Å². The molecule has 2 aromatic rings.